The van der Waals surface area contributed by atoms with E-state index in [1.807, 2.05) is 0 Å². The van der Waals surface area contributed by atoms with Crippen LogP contribution in [0.2, 0.25) is 0 Å². The molecule has 0 saturated heterocycles. The number of hydrogen-bond donors (Lipinski definition) is 2. The molecule has 0 atom stereocenters. The van der Waals surface area contributed by atoms with Crippen LogP contribution in [-0.2, 0) is 9.84 Å². The number of benzene rings is 2. The van der Waals surface area contributed by atoms with Crippen molar-refractivity contribution in [2.75, 3.05) is 0 Å². The molecule has 4 nitrogen and oxygen atoms in total. The third kappa shape index (κ3) is 1.93. The zero-order valence-electron chi connectivity index (χ0n) is 9.66. The van der Waals surface area contributed by atoms with E-state index in [4.69, 9.17) is 0 Å². The highest BCUT2D eigenvalue weighted by molar-refractivity contribution is 7.91. The molecule has 5 heteroatoms. The average Bonchev–Trinajstić information content (AvgIpc) is 2.28. The van der Waals surface area contributed by atoms with Crippen molar-refractivity contribution in [1.29, 1.82) is 0 Å². The van der Waals surface area contributed by atoms with Crippen molar-refractivity contribution in [3.8, 4) is 11.5 Å². The van der Waals surface area contributed by atoms with Crippen molar-refractivity contribution in [1.82, 2.24) is 0 Å². The summed E-state index contributed by atoms with van der Waals surface area (Å²) in [4.78, 5) is -0.388. The van der Waals surface area contributed by atoms with Gasteiger partial charge in [0.25, 0.3) is 0 Å². The molecule has 18 heavy (non-hydrogen) atoms. The number of sulfone groups is 1. The third-order valence-corrected chi connectivity index (χ3v) is 4.62. The molecule has 0 fully saturated rings. The van der Waals surface area contributed by atoms with Gasteiger partial charge in [-0.05, 0) is 30.7 Å². The quantitative estimate of drug-likeness (QED) is 0.872. The van der Waals surface area contributed by atoms with E-state index in [0.29, 0.717) is 5.56 Å². The topological polar surface area (TPSA) is 74.6 Å². The Kier molecular flexibility index (Phi) is 3.00. The molecule has 0 aliphatic heterocycles. The van der Waals surface area contributed by atoms with Crippen LogP contribution < -0.4 is 0 Å². The first-order chi connectivity index (χ1) is 8.44. The summed E-state index contributed by atoms with van der Waals surface area (Å²) in [5.74, 6) is -0.920. The molecule has 0 radical (unpaired) electrons. The average molecular weight is 264 g/mol. The Morgan fingerprint density at radius 2 is 1.44 bits per heavy atom. The van der Waals surface area contributed by atoms with Crippen molar-refractivity contribution in [3.05, 3.63) is 48.0 Å². The monoisotopic (exact) mass is 264 g/mol. The van der Waals surface area contributed by atoms with E-state index in [1.54, 1.807) is 25.1 Å². The summed E-state index contributed by atoms with van der Waals surface area (Å²) in [6.45, 7) is 1.66. The second kappa shape index (κ2) is 4.34. The van der Waals surface area contributed by atoms with Gasteiger partial charge in [0.1, 0.15) is 11.5 Å². The minimum Gasteiger partial charge on any atom is -0.506 e. The number of rotatable bonds is 2. The lowest BCUT2D eigenvalue weighted by Crippen LogP contribution is -2.04. The summed E-state index contributed by atoms with van der Waals surface area (Å²) in [6, 6.07) is 10.2. The molecule has 0 aromatic heterocycles. The van der Waals surface area contributed by atoms with E-state index in [0.717, 1.165) is 0 Å². The molecule has 2 N–H and O–H groups in total. The summed E-state index contributed by atoms with van der Waals surface area (Å²) in [7, 11) is -3.93. The molecule has 0 aliphatic carbocycles. The predicted molar refractivity (Wildman–Crippen MR) is 66.4 cm³/mol. The van der Waals surface area contributed by atoms with Crippen LogP contribution in [0.25, 0.3) is 0 Å². The fourth-order valence-corrected chi connectivity index (χ4v) is 3.41. The predicted octanol–water partition coefficient (Wildman–Crippen LogP) is 2.24. The zero-order valence-corrected chi connectivity index (χ0v) is 10.5. The molecule has 2 aromatic carbocycles. The van der Waals surface area contributed by atoms with E-state index in [2.05, 4.69) is 0 Å². The van der Waals surface area contributed by atoms with E-state index in [-0.39, 0.29) is 4.90 Å². The van der Waals surface area contributed by atoms with Gasteiger partial charge in [0.05, 0.1) is 4.90 Å². The van der Waals surface area contributed by atoms with Gasteiger partial charge in [-0.2, -0.15) is 0 Å². The number of phenolic OH excluding ortho intramolecular Hbond substituents is 2. The first-order valence-electron chi connectivity index (χ1n) is 5.26. The Hall–Kier alpha value is -2.01. The van der Waals surface area contributed by atoms with Gasteiger partial charge in [-0.3, -0.25) is 0 Å². The van der Waals surface area contributed by atoms with Crippen LogP contribution in [-0.4, -0.2) is 18.6 Å². The maximum Gasteiger partial charge on any atom is 0.214 e. The van der Waals surface area contributed by atoms with Crippen LogP contribution in [0.5, 0.6) is 11.5 Å². The van der Waals surface area contributed by atoms with Gasteiger partial charge < -0.3 is 10.2 Å². The maximum atomic E-state index is 12.4. The molecule has 0 aliphatic rings. The SMILES string of the molecule is Cc1ccccc1S(=O)(=O)c1c(O)cccc1O. The smallest absolute Gasteiger partial charge is 0.214 e. The Morgan fingerprint density at radius 3 is 2.00 bits per heavy atom. The summed E-state index contributed by atoms with van der Waals surface area (Å²) >= 11 is 0. The van der Waals surface area contributed by atoms with Crippen LogP contribution in [0.1, 0.15) is 5.56 Å². The highest BCUT2D eigenvalue weighted by Crippen LogP contribution is 2.36. The fourth-order valence-electron chi connectivity index (χ4n) is 1.76. The number of aromatic hydroxyl groups is 2. The molecule has 0 unspecified atom stereocenters. The van der Waals surface area contributed by atoms with Crippen molar-refractivity contribution < 1.29 is 18.6 Å². The van der Waals surface area contributed by atoms with Crippen molar-refractivity contribution in [2.24, 2.45) is 0 Å². The Balaban J connectivity index is 2.75. The van der Waals surface area contributed by atoms with Crippen LogP contribution in [0.4, 0.5) is 0 Å². The molecule has 2 aromatic rings. The Morgan fingerprint density at radius 1 is 0.889 bits per heavy atom. The largest absolute Gasteiger partial charge is 0.506 e. The van der Waals surface area contributed by atoms with E-state index in [9.17, 15) is 18.6 Å². The second-order valence-corrected chi connectivity index (χ2v) is 5.75. The highest BCUT2D eigenvalue weighted by Gasteiger charge is 2.26. The van der Waals surface area contributed by atoms with Crippen LogP contribution in [0.3, 0.4) is 0 Å². The number of hydrogen-bond acceptors (Lipinski definition) is 4. The minimum absolute atomic E-state index is 0.0711. The standard InChI is InChI=1S/C13H12O4S/c1-9-5-2-3-8-12(9)18(16,17)13-10(14)6-4-7-11(13)15/h2-8,14-15H,1H3. The molecule has 94 valence electrons. The lowest BCUT2D eigenvalue weighted by Gasteiger charge is -2.10. The van der Waals surface area contributed by atoms with Crippen LogP contribution in [0, 0.1) is 6.92 Å². The van der Waals surface area contributed by atoms with Gasteiger partial charge in [0.2, 0.25) is 9.84 Å². The highest BCUT2D eigenvalue weighted by atomic mass is 32.2. The molecule has 2 rings (SSSR count). The fraction of sp³-hybridized carbons (Fsp3) is 0.0769. The van der Waals surface area contributed by atoms with Crippen LogP contribution in [0.15, 0.2) is 52.3 Å². The molecular formula is C13H12O4S. The molecule has 0 heterocycles. The second-order valence-electron chi connectivity index (χ2n) is 3.89. The normalized spacial score (nSPS) is 11.4. The first kappa shape index (κ1) is 12.4. The summed E-state index contributed by atoms with van der Waals surface area (Å²) in [6.07, 6.45) is 0. The lowest BCUT2D eigenvalue weighted by atomic mass is 10.2. The van der Waals surface area contributed by atoms with E-state index in [1.165, 1.54) is 24.3 Å². The van der Waals surface area contributed by atoms with Gasteiger partial charge in [0.15, 0.2) is 4.90 Å². The third-order valence-electron chi connectivity index (χ3n) is 2.63. The lowest BCUT2D eigenvalue weighted by molar-refractivity contribution is 0.423. The van der Waals surface area contributed by atoms with Gasteiger partial charge >= 0.3 is 0 Å². The maximum absolute atomic E-state index is 12.4. The van der Waals surface area contributed by atoms with E-state index >= 15 is 0 Å². The Labute approximate surface area is 105 Å². The number of phenols is 2. The van der Waals surface area contributed by atoms with Gasteiger partial charge in [-0.25, -0.2) is 8.42 Å². The van der Waals surface area contributed by atoms with Crippen LogP contribution >= 0.6 is 0 Å². The molecule has 0 amide bonds. The summed E-state index contributed by atoms with van der Waals surface area (Å²) < 4.78 is 24.8. The zero-order chi connectivity index (χ0) is 13.3. The van der Waals surface area contributed by atoms with E-state index < -0.39 is 26.2 Å². The van der Waals surface area contributed by atoms with Gasteiger partial charge in [0, 0.05) is 0 Å². The van der Waals surface area contributed by atoms with Crippen molar-refractivity contribution in [3.63, 3.8) is 0 Å². The van der Waals surface area contributed by atoms with Gasteiger partial charge in [-0.1, -0.05) is 24.3 Å². The molecular weight excluding hydrogens is 252 g/mol. The summed E-state index contributed by atoms with van der Waals surface area (Å²) in [5, 5.41) is 19.3. The first-order valence-corrected chi connectivity index (χ1v) is 6.74. The molecule has 0 bridgehead atoms. The van der Waals surface area contributed by atoms with Gasteiger partial charge in [-0.15, -0.1) is 0 Å². The molecule has 0 saturated carbocycles. The summed E-state index contributed by atoms with van der Waals surface area (Å²) in [5.41, 5.74) is 0.556. The number of aryl methyl sites for hydroxylation is 1. The minimum atomic E-state index is -3.93. The van der Waals surface area contributed by atoms with Crippen molar-refractivity contribution >= 4 is 9.84 Å². The Bertz CT molecular complexity index is 670. The molecule has 0 spiro atoms. The van der Waals surface area contributed by atoms with Crippen molar-refractivity contribution in [2.45, 2.75) is 16.7 Å².